The maximum Gasteiger partial charge on any atom is 0.337 e. The summed E-state index contributed by atoms with van der Waals surface area (Å²) in [6, 6.07) is 11.5. The van der Waals surface area contributed by atoms with Crippen molar-refractivity contribution in [1.29, 1.82) is 5.41 Å². The zero-order valence-corrected chi connectivity index (χ0v) is 18.0. The van der Waals surface area contributed by atoms with Gasteiger partial charge in [-0.05, 0) is 60.9 Å². The highest BCUT2D eigenvalue weighted by molar-refractivity contribution is 6.04. The summed E-state index contributed by atoms with van der Waals surface area (Å²) >= 11 is 0. The van der Waals surface area contributed by atoms with Crippen molar-refractivity contribution in [3.63, 3.8) is 0 Å². The summed E-state index contributed by atoms with van der Waals surface area (Å²) in [6.07, 6.45) is 2.56. The van der Waals surface area contributed by atoms with E-state index >= 15 is 0 Å². The van der Waals surface area contributed by atoms with Crippen molar-refractivity contribution in [2.24, 2.45) is 0 Å². The quantitative estimate of drug-likeness (QED) is 0.285. The lowest BCUT2D eigenvalue weighted by molar-refractivity contribution is 0.0696. The molecule has 2 heterocycles. The third kappa shape index (κ3) is 3.41. The van der Waals surface area contributed by atoms with Crippen molar-refractivity contribution in [2.75, 3.05) is 5.73 Å². The van der Waals surface area contributed by atoms with Crippen LogP contribution in [0.1, 0.15) is 46.9 Å². The van der Waals surface area contributed by atoms with E-state index in [1.165, 1.54) is 24.5 Å². The molecule has 7 heteroatoms. The zero-order chi connectivity index (χ0) is 23.2. The summed E-state index contributed by atoms with van der Waals surface area (Å²) in [6.45, 7) is 5.94. The fraction of sp³-hybridized carbons (Fsp3) is 0.160. The highest BCUT2D eigenvalue weighted by atomic mass is 19.1. The van der Waals surface area contributed by atoms with E-state index in [9.17, 15) is 14.3 Å². The first-order chi connectivity index (χ1) is 15.2. The number of carboxylic acid groups (broad SMARTS) is 1. The number of halogens is 1. The van der Waals surface area contributed by atoms with Crippen LogP contribution in [0.2, 0.25) is 0 Å². The van der Waals surface area contributed by atoms with Gasteiger partial charge in [0, 0.05) is 46.0 Å². The Kier molecular flexibility index (Phi) is 5.26. The van der Waals surface area contributed by atoms with Crippen LogP contribution in [0.4, 0.5) is 10.1 Å². The van der Waals surface area contributed by atoms with Gasteiger partial charge < -0.3 is 20.8 Å². The van der Waals surface area contributed by atoms with E-state index in [0.29, 0.717) is 16.9 Å². The maximum atomic E-state index is 13.7. The predicted molar refractivity (Wildman–Crippen MR) is 125 cm³/mol. The second-order valence-corrected chi connectivity index (χ2v) is 8.06. The van der Waals surface area contributed by atoms with Crippen molar-refractivity contribution < 1.29 is 14.3 Å². The number of aromatic carboxylic acids is 1. The largest absolute Gasteiger partial charge is 0.478 e. The van der Waals surface area contributed by atoms with E-state index in [1.54, 1.807) is 18.2 Å². The molecule has 0 aliphatic heterocycles. The molecule has 0 radical (unpaired) electrons. The van der Waals surface area contributed by atoms with Gasteiger partial charge in [0.05, 0.1) is 16.8 Å². The third-order valence-electron chi connectivity index (χ3n) is 5.56. The molecule has 4 rings (SSSR count). The fourth-order valence-corrected chi connectivity index (χ4v) is 4.13. The lowest BCUT2D eigenvalue weighted by Gasteiger charge is -2.16. The summed E-state index contributed by atoms with van der Waals surface area (Å²) in [4.78, 5) is 15.9. The Morgan fingerprint density at radius 1 is 1.22 bits per heavy atom. The number of nitrogens with zero attached hydrogens (tertiary/aromatic N) is 2. The average molecular weight is 430 g/mol. The van der Waals surface area contributed by atoms with Gasteiger partial charge in [-0.15, -0.1) is 0 Å². The number of benzene rings is 2. The molecular formula is C25H23FN4O2. The van der Waals surface area contributed by atoms with E-state index in [0.717, 1.165) is 33.4 Å². The van der Waals surface area contributed by atoms with E-state index < -0.39 is 5.97 Å². The normalized spacial score (nSPS) is 11.3. The molecule has 4 N–H and O–H groups in total. The number of nitrogens with two attached hydrogens (primary N) is 1. The lowest BCUT2D eigenvalue weighted by Crippen LogP contribution is -2.05. The molecule has 0 aliphatic rings. The first-order valence-electron chi connectivity index (χ1n) is 10.2. The van der Waals surface area contributed by atoms with Crippen LogP contribution in [-0.4, -0.2) is 26.8 Å². The smallest absolute Gasteiger partial charge is 0.337 e. The van der Waals surface area contributed by atoms with E-state index in [2.05, 4.69) is 18.8 Å². The van der Waals surface area contributed by atoms with Crippen molar-refractivity contribution in [2.45, 2.75) is 26.7 Å². The second kappa shape index (κ2) is 7.92. The van der Waals surface area contributed by atoms with Gasteiger partial charge in [0.2, 0.25) is 0 Å². The number of anilines is 1. The molecular weight excluding hydrogens is 407 g/mol. The molecule has 0 bridgehead atoms. The monoisotopic (exact) mass is 430 g/mol. The summed E-state index contributed by atoms with van der Waals surface area (Å²) in [7, 11) is 0. The molecule has 2 aromatic heterocycles. The van der Waals surface area contributed by atoms with E-state index in [1.807, 2.05) is 23.6 Å². The number of aryl methyl sites for hydroxylation is 1. The molecule has 32 heavy (non-hydrogen) atoms. The van der Waals surface area contributed by atoms with Crippen molar-refractivity contribution in [1.82, 2.24) is 9.55 Å². The van der Waals surface area contributed by atoms with Gasteiger partial charge in [0.15, 0.2) is 0 Å². The Bertz CT molecular complexity index is 1370. The lowest BCUT2D eigenvalue weighted by atomic mass is 9.96. The first kappa shape index (κ1) is 21.2. The van der Waals surface area contributed by atoms with Crippen LogP contribution in [0.15, 0.2) is 48.7 Å². The number of hydrogen-bond donors (Lipinski definition) is 3. The van der Waals surface area contributed by atoms with Gasteiger partial charge in [0.25, 0.3) is 0 Å². The molecule has 0 spiro atoms. The zero-order valence-electron chi connectivity index (χ0n) is 18.0. The Morgan fingerprint density at radius 3 is 2.47 bits per heavy atom. The first-order valence-corrected chi connectivity index (χ1v) is 10.2. The topological polar surface area (TPSA) is 105 Å². The number of pyridine rings is 1. The van der Waals surface area contributed by atoms with Crippen LogP contribution in [0.5, 0.6) is 0 Å². The van der Waals surface area contributed by atoms with Crippen molar-refractivity contribution in [3.8, 4) is 16.9 Å². The highest BCUT2D eigenvalue weighted by Gasteiger charge is 2.25. The molecule has 6 nitrogen and oxygen atoms in total. The standard InChI is InChI=1S/C25H23FN4O2/c1-13(2)24-22(23-14(3)8-16(12-29-23)25(31)32)19-10-20(28)15(11-27)9-21(19)30(24)18-6-4-17(26)5-7-18/h4-13,27H,28H2,1-3H3,(H,31,32). The third-order valence-corrected chi connectivity index (χ3v) is 5.56. The summed E-state index contributed by atoms with van der Waals surface area (Å²) in [5, 5.41) is 17.9. The summed E-state index contributed by atoms with van der Waals surface area (Å²) < 4.78 is 15.7. The number of fused-ring (bicyclic) bond motifs is 1. The van der Waals surface area contributed by atoms with E-state index in [-0.39, 0.29) is 17.3 Å². The maximum absolute atomic E-state index is 13.7. The molecule has 0 aliphatic carbocycles. The number of carboxylic acids is 1. The highest BCUT2D eigenvalue weighted by Crippen LogP contribution is 2.42. The SMILES string of the molecule is Cc1cc(C(=O)O)cnc1-c1c(C(C)C)n(-c2ccc(F)cc2)c2cc(C=N)c(N)cc12. The number of aromatic nitrogens is 2. The van der Waals surface area contributed by atoms with Gasteiger partial charge in [0.1, 0.15) is 5.82 Å². The number of nitrogens with one attached hydrogen (secondary N) is 1. The Labute approximate surface area is 184 Å². The minimum absolute atomic E-state index is 0.0486. The molecule has 0 saturated heterocycles. The molecule has 0 unspecified atom stereocenters. The summed E-state index contributed by atoms with van der Waals surface area (Å²) in [5.41, 5.74) is 12.1. The minimum atomic E-state index is -1.04. The molecule has 2 aromatic carbocycles. The number of carbonyl (C=O) groups is 1. The molecule has 0 saturated carbocycles. The van der Waals surface area contributed by atoms with Crippen LogP contribution in [-0.2, 0) is 0 Å². The Balaban J connectivity index is 2.17. The van der Waals surface area contributed by atoms with Gasteiger partial charge in [-0.2, -0.15) is 0 Å². The molecule has 0 atom stereocenters. The number of rotatable bonds is 5. The Hall–Kier alpha value is -4.00. The van der Waals surface area contributed by atoms with Crippen molar-refractivity contribution >= 4 is 28.8 Å². The van der Waals surface area contributed by atoms with Crippen LogP contribution >= 0.6 is 0 Å². The summed E-state index contributed by atoms with van der Waals surface area (Å²) in [5.74, 6) is -1.32. The Morgan fingerprint density at radius 2 is 1.91 bits per heavy atom. The van der Waals surface area contributed by atoms with E-state index in [4.69, 9.17) is 11.1 Å². The predicted octanol–water partition coefficient (Wildman–Crippen LogP) is 5.54. The number of hydrogen-bond acceptors (Lipinski definition) is 4. The molecule has 4 aromatic rings. The van der Waals surface area contributed by atoms with Gasteiger partial charge in [-0.1, -0.05) is 13.8 Å². The van der Waals surface area contributed by atoms with Crippen LogP contribution in [0.25, 0.3) is 27.8 Å². The van der Waals surface area contributed by atoms with Gasteiger partial charge in [-0.3, -0.25) is 4.98 Å². The van der Waals surface area contributed by atoms with Gasteiger partial charge >= 0.3 is 5.97 Å². The minimum Gasteiger partial charge on any atom is -0.478 e. The molecule has 0 amide bonds. The molecule has 0 fully saturated rings. The van der Waals surface area contributed by atoms with Gasteiger partial charge in [-0.25, -0.2) is 9.18 Å². The van der Waals surface area contributed by atoms with Crippen LogP contribution < -0.4 is 5.73 Å². The van der Waals surface area contributed by atoms with Crippen molar-refractivity contribution in [3.05, 3.63) is 76.9 Å². The second-order valence-electron chi connectivity index (χ2n) is 8.06. The van der Waals surface area contributed by atoms with Crippen LogP contribution in [0, 0.1) is 18.2 Å². The fourth-order valence-electron chi connectivity index (χ4n) is 4.13. The molecule has 162 valence electrons. The average Bonchev–Trinajstić information content (AvgIpc) is 3.07. The van der Waals surface area contributed by atoms with Crippen LogP contribution in [0.3, 0.4) is 0 Å². The number of nitrogen functional groups attached to an aromatic ring is 1.